The zero-order chi connectivity index (χ0) is 18.1. The van der Waals surface area contributed by atoms with Gasteiger partial charge < -0.3 is 14.4 Å². The lowest BCUT2D eigenvalue weighted by molar-refractivity contribution is -0.140. The molecule has 6 heteroatoms. The molecule has 1 aliphatic rings. The maximum atomic E-state index is 11.2. The van der Waals surface area contributed by atoms with Crippen molar-refractivity contribution in [2.75, 3.05) is 26.4 Å². The summed E-state index contributed by atoms with van der Waals surface area (Å²) in [5.41, 5.74) is 2.96. The predicted octanol–water partition coefficient (Wildman–Crippen LogP) is 2.59. The molecule has 0 spiro atoms. The van der Waals surface area contributed by atoms with Crippen LogP contribution in [0.5, 0.6) is 0 Å². The summed E-state index contributed by atoms with van der Waals surface area (Å²) in [6, 6.07) is 3.80. The number of esters is 1. The molecule has 126 valence electrons. The summed E-state index contributed by atoms with van der Waals surface area (Å²) >= 11 is 0. The van der Waals surface area contributed by atoms with E-state index in [2.05, 4.69) is 6.58 Å². The van der Waals surface area contributed by atoms with Crippen molar-refractivity contribution < 1.29 is 14.3 Å². The first-order valence-corrected chi connectivity index (χ1v) is 7.49. The molecule has 0 fully saturated rings. The molecule has 0 saturated heterocycles. The summed E-state index contributed by atoms with van der Waals surface area (Å²) < 4.78 is 10.4. The zero-order valence-electron chi connectivity index (χ0n) is 14.3. The second-order valence-electron chi connectivity index (χ2n) is 5.31. The normalized spacial score (nSPS) is 13.4. The fourth-order valence-corrected chi connectivity index (χ4v) is 2.15. The largest absolute Gasteiger partial charge is 0.460 e. The first-order chi connectivity index (χ1) is 11.4. The Morgan fingerprint density at radius 3 is 2.25 bits per heavy atom. The van der Waals surface area contributed by atoms with Crippen LogP contribution in [0.15, 0.2) is 46.8 Å². The Kier molecular flexibility index (Phi) is 7.48. The van der Waals surface area contributed by atoms with Gasteiger partial charge in [0, 0.05) is 29.1 Å². The lowest BCUT2D eigenvalue weighted by atomic mass is 10.0. The molecule has 0 unspecified atom stereocenters. The van der Waals surface area contributed by atoms with Crippen LogP contribution >= 0.6 is 0 Å². The topological polar surface area (TPSA) is 86.3 Å². The molecule has 0 N–H and O–H groups in total. The van der Waals surface area contributed by atoms with Crippen LogP contribution in [-0.4, -0.2) is 37.2 Å². The average Bonchev–Trinajstić information content (AvgIpc) is 2.53. The second kappa shape index (κ2) is 9.34. The first-order valence-electron chi connectivity index (χ1n) is 7.49. The SMILES string of the molecule is C=C(C)C(=O)OCCOCCN1C(C)=CC(=C(C#N)C#N)C=C1C. The molecule has 0 aliphatic carbocycles. The standard InChI is InChI=1S/C18H21N3O3/c1-13(2)18(22)24-8-7-23-6-5-21-14(3)9-16(10-15(21)4)17(11-19)12-20/h9-10H,1,5-8H2,2-4H3. The minimum atomic E-state index is -0.419. The Balaban J connectivity index is 2.47. The molecule has 6 nitrogen and oxygen atoms in total. The van der Waals surface area contributed by atoms with Crippen LogP contribution in [0.25, 0.3) is 0 Å². The number of ether oxygens (including phenoxy) is 2. The van der Waals surface area contributed by atoms with E-state index < -0.39 is 5.97 Å². The van der Waals surface area contributed by atoms with Crippen LogP contribution in [0.1, 0.15) is 20.8 Å². The van der Waals surface area contributed by atoms with Gasteiger partial charge in [0.15, 0.2) is 0 Å². The monoisotopic (exact) mass is 327 g/mol. The fraction of sp³-hybridized carbons (Fsp3) is 0.389. The van der Waals surface area contributed by atoms with E-state index in [4.69, 9.17) is 20.0 Å². The molecule has 1 heterocycles. The lowest BCUT2D eigenvalue weighted by Crippen LogP contribution is -2.27. The van der Waals surface area contributed by atoms with E-state index in [1.54, 1.807) is 6.92 Å². The van der Waals surface area contributed by atoms with Crippen molar-refractivity contribution in [3.63, 3.8) is 0 Å². The van der Waals surface area contributed by atoms with Gasteiger partial charge in [0.1, 0.15) is 24.3 Å². The van der Waals surface area contributed by atoms with Crippen LogP contribution in [0, 0.1) is 22.7 Å². The van der Waals surface area contributed by atoms with Crippen LogP contribution in [0.2, 0.25) is 0 Å². The average molecular weight is 327 g/mol. The maximum Gasteiger partial charge on any atom is 0.333 e. The molecule has 0 atom stereocenters. The molecule has 1 rings (SSSR count). The molecule has 0 amide bonds. The smallest absolute Gasteiger partial charge is 0.333 e. The molecule has 0 aromatic carbocycles. The summed E-state index contributed by atoms with van der Waals surface area (Å²) in [7, 11) is 0. The fourth-order valence-electron chi connectivity index (χ4n) is 2.15. The van der Waals surface area contributed by atoms with Crippen LogP contribution in [0.4, 0.5) is 0 Å². The van der Waals surface area contributed by atoms with Crippen molar-refractivity contribution in [2.45, 2.75) is 20.8 Å². The highest BCUT2D eigenvalue weighted by molar-refractivity contribution is 5.86. The Morgan fingerprint density at radius 1 is 1.17 bits per heavy atom. The second-order valence-corrected chi connectivity index (χ2v) is 5.31. The third-order valence-corrected chi connectivity index (χ3v) is 3.36. The van der Waals surface area contributed by atoms with Gasteiger partial charge >= 0.3 is 5.97 Å². The van der Waals surface area contributed by atoms with E-state index in [1.165, 1.54) is 0 Å². The maximum absolute atomic E-state index is 11.2. The molecular weight excluding hydrogens is 306 g/mol. The van der Waals surface area contributed by atoms with Crippen LogP contribution < -0.4 is 0 Å². The van der Waals surface area contributed by atoms with Gasteiger partial charge in [-0.25, -0.2) is 4.79 Å². The van der Waals surface area contributed by atoms with Gasteiger partial charge in [0.05, 0.1) is 13.2 Å². The number of hydrogen-bond donors (Lipinski definition) is 0. The van der Waals surface area contributed by atoms with Crippen molar-refractivity contribution in [2.24, 2.45) is 0 Å². The van der Waals surface area contributed by atoms with Gasteiger partial charge in [-0.1, -0.05) is 6.58 Å². The number of rotatable bonds is 7. The Bertz CT molecular complexity index is 649. The highest BCUT2D eigenvalue weighted by Gasteiger charge is 2.15. The molecule has 0 saturated carbocycles. The summed E-state index contributed by atoms with van der Waals surface area (Å²) in [6.45, 7) is 10.5. The van der Waals surface area contributed by atoms with Gasteiger partial charge in [-0.05, 0) is 32.9 Å². The van der Waals surface area contributed by atoms with Crippen molar-refractivity contribution in [1.82, 2.24) is 4.90 Å². The molecule has 0 aromatic rings. The van der Waals surface area contributed by atoms with Crippen LogP contribution in [-0.2, 0) is 14.3 Å². The van der Waals surface area contributed by atoms with Gasteiger partial charge in [0.25, 0.3) is 0 Å². The van der Waals surface area contributed by atoms with E-state index in [1.807, 2.05) is 43.0 Å². The first kappa shape index (κ1) is 19.2. The quantitative estimate of drug-likeness (QED) is 0.309. The van der Waals surface area contributed by atoms with Gasteiger partial charge in [-0.3, -0.25) is 0 Å². The Morgan fingerprint density at radius 2 is 1.75 bits per heavy atom. The third kappa shape index (κ3) is 5.42. The summed E-state index contributed by atoms with van der Waals surface area (Å²) in [6.07, 6.45) is 3.62. The Hall–Kier alpha value is -2.83. The third-order valence-electron chi connectivity index (χ3n) is 3.36. The van der Waals surface area contributed by atoms with E-state index >= 15 is 0 Å². The minimum absolute atomic E-state index is 0.101. The zero-order valence-corrected chi connectivity index (χ0v) is 14.3. The van der Waals surface area contributed by atoms with Crippen molar-refractivity contribution in [1.29, 1.82) is 10.5 Å². The highest BCUT2D eigenvalue weighted by Crippen LogP contribution is 2.24. The summed E-state index contributed by atoms with van der Waals surface area (Å²) in [5, 5.41) is 17.9. The van der Waals surface area contributed by atoms with Gasteiger partial charge in [-0.2, -0.15) is 10.5 Å². The molecule has 1 aliphatic heterocycles. The van der Waals surface area contributed by atoms with E-state index in [-0.39, 0.29) is 12.2 Å². The summed E-state index contributed by atoms with van der Waals surface area (Å²) in [4.78, 5) is 13.2. The number of nitriles is 2. The number of allylic oxidation sites excluding steroid dienone is 6. The van der Waals surface area contributed by atoms with Crippen molar-refractivity contribution >= 4 is 5.97 Å². The predicted molar refractivity (Wildman–Crippen MR) is 89.1 cm³/mol. The molecule has 24 heavy (non-hydrogen) atoms. The van der Waals surface area contributed by atoms with Crippen molar-refractivity contribution in [3.8, 4) is 12.1 Å². The van der Waals surface area contributed by atoms with Gasteiger partial charge in [-0.15, -0.1) is 0 Å². The van der Waals surface area contributed by atoms with E-state index in [0.717, 1.165) is 11.4 Å². The highest BCUT2D eigenvalue weighted by atomic mass is 16.6. The Labute approximate surface area is 142 Å². The number of nitrogens with zero attached hydrogens (tertiary/aromatic N) is 3. The van der Waals surface area contributed by atoms with E-state index in [0.29, 0.717) is 30.9 Å². The van der Waals surface area contributed by atoms with E-state index in [9.17, 15) is 4.79 Å². The number of carbonyl (C=O) groups is 1. The summed E-state index contributed by atoms with van der Waals surface area (Å²) in [5.74, 6) is -0.419. The van der Waals surface area contributed by atoms with Crippen molar-refractivity contribution in [3.05, 3.63) is 46.8 Å². The minimum Gasteiger partial charge on any atom is -0.460 e. The molecule has 0 aromatic heterocycles. The lowest BCUT2D eigenvalue weighted by Gasteiger charge is -2.29. The number of carbonyl (C=O) groups excluding carboxylic acids is 1. The molecule has 0 radical (unpaired) electrons. The van der Waals surface area contributed by atoms with Crippen LogP contribution in [0.3, 0.4) is 0 Å². The van der Waals surface area contributed by atoms with Gasteiger partial charge in [0.2, 0.25) is 0 Å². The molecular formula is C18H21N3O3. The number of hydrogen-bond acceptors (Lipinski definition) is 6. The molecule has 0 bridgehead atoms.